The molecule has 0 aliphatic rings. The summed E-state index contributed by atoms with van der Waals surface area (Å²) in [4.78, 5) is 10.8. The van der Waals surface area contributed by atoms with Crippen LogP contribution in [0.15, 0.2) is 24.3 Å². The number of hydrogen-bond donors (Lipinski definition) is 2. The molecule has 3 heteroatoms. The van der Waals surface area contributed by atoms with Crippen molar-refractivity contribution in [1.82, 2.24) is 0 Å². The summed E-state index contributed by atoms with van der Waals surface area (Å²) in [6, 6.07) is 7.38. The second-order valence-electron chi connectivity index (χ2n) is 4.81. The van der Waals surface area contributed by atoms with Crippen molar-refractivity contribution in [3.8, 4) is 0 Å². The topological polar surface area (TPSA) is 63.3 Å². The SMILES string of the molecule is CC(C)(C=O)Cc1ccc([C@H](N)CO)cc1. The van der Waals surface area contributed by atoms with Crippen LogP contribution in [0.5, 0.6) is 0 Å². The smallest absolute Gasteiger partial charge is 0.125 e. The molecule has 0 aliphatic heterocycles. The Labute approximate surface area is 96.3 Å². The Hall–Kier alpha value is -1.19. The number of nitrogens with two attached hydrogens (primary N) is 1. The van der Waals surface area contributed by atoms with Gasteiger partial charge in [-0.05, 0) is 17.5 Å². The van der Waals surface area contributed by atoms with Crippen molar-refractivity contribution in [2.24, 2.45) is 11.1 Å². The lowest BCUT2D eigenvalue weighted by Gasteiger charge is -2.17. The molecule has 0 unspecified atom stereocenters. The Morgan fingerprint density at radius 2 is 1.94 bits per heavy atom. The van der Waals surface area contributed by atoms with Crippen LogP contribution in [0.2, 0.25) is 0 Å². The number of carbonyl (C=O) groups is 1. The van der Waals surface area contributed by atoms with Crippen LogP contribution in [0.25, 0.3) is 0 Å². The second kappa shape index (κ2) is 5.23. The Bertz CT molecular complexity index is 343. The molecular formula is C13H19NO2. The highest BCUT2D eigenvalue weighted by Crippen LogP contribution is 2.20. The highest BCUT2D eigenvalue weighted by Gasteiger charge is 2.17. The molecule has 0 saturated carbocycles. The molecule has 1 aromatic carbocycles. The number of rotatable bonds is 5. The molecule has 3 N–H and O–H groups in total. The average molecular weight is 221 g/mol. The number of hydrogen-bond acceptors (Lipinski definition) is 3. The number of aliphatic hydroxyl groups excluding tert-OH is 1. The lowest BCUT2D eigenvalue weighted by Crippen LogP contribution is -2.17. The molecule has 3 nitrogen and oxygen atoms in total. The van der Waals surface area contributed by atoms with Crippen molar-refractivity contribution in [2.75, 3.05) is 6.61 Å². The van der Waals surface area contributed by atoms with Crippen LogP contribution in [0.4, 0.5) is 0 Å². The maximum absolute atomic E-state index is 10.8. The number of benzene rings is 1. The van der Waals surface area contributed by atoms with Gasteiger partial charge in [0.2, 0.25) is 0 Å². The maximum Gasteiger partial charge on any atom is 0.125 e. The van der Waals surface area contributed by atoms with Crippen LogP contribution in [0, 0.1) is 5.41 Å². The van der Waals surface area contributed by atoms with Gasteiger partial charge in [0.25, 0.3) is 0 Å². The summed E-state index contributed by atoms with van der Waals surface area (Å²) in [7, 11) is 0. The number of aliphatic hydroxyl groups is 1. The van der Waals surface area contributed by atoms with E-state index in [0.29, 0.717) is 6.42 Å². The molecule has 0 aromatic heterocycles. The lowest BCUT2D eigenvalue weighted by molar-refractivity contribution is -0.114. The Morgan fingerprint density at radius 1 is 1.38 bits per heavy atom. The normalized spacial score (nSPS) is 13.5. The lowest BCUT2D eigenvalue weighted by atomic mass is 9.87. The second-order valence-corrected chi connectivity index (χ2v) is 4.81. The van der Waals surface area contributed by atoms with Gasteiger partial charge in [-0.15, -0.1) is 0 Å². The number of aldehydes is 1. The fraction of sp³-hybridized carbons (Fsp3) is 0.462. The highest BCUT2D eigenvalue weighted by molar-refractivity contribution is 5.58. The number of carbonyl (C=O) groups excluding carboxylic acids is 1. The predicted molar refractivity (Wildman–Crippen MR) is 64.0 cm³/mol. The zero-order valence-corrected chi connectivity index (χ0v) is 9.81. The van der Waals surface area contributed by atoms with E-state index in [9.17, 15) is 4.79 Å². The summed E-state index contributed by atoms with van der Waals surface area (Å²) >= 11 is 0. The van der Waals surface area contributed by atoms with Gasteiger partial charge in [0, 0.05) is 5.41 Å². The van der Waals surface area contributed by atoms with Crippen molar-refractivity contribution in [1.29, 1.82) is 0 Å². The minimum atomic E-state index is -0.333. The molecule has 16 heavy (non-hydrogen) atoms. The highest BCUT2D eigenvalue weighted by atomic mass is 16.3. The first-order chi connectivity index (χ1) is 7.48. The van der Waals surface area contributed by atoms with Gasteiger partial charge in [-0.1, -0.05) is 38.1 Å². The Morgan fingerprint density at radius 3 is 2.38 bits per heavy atom. The largest absolute Gasteiger partial charge is 0.394 e. The van der Waals surface area contributed by atoms with Gasteiger partial charge in [-0.3, -0.25) is 0 Å². The van der Waals surface area contributed by atoms with Crippen LogP contribution in [-0.4, -0.2) is 18.0 Å². The molecule has 0 radical (unpaired) electrons. The van der Waals surface area contributed by atoms with Crippen molar-refractivity contribution in [3.63, 3.8) is 0 Å². The third-order valence-electron chi connectivity index (χ3n) is 2.58. The molecule has 0 heterocycles. The van der Waals surface area contributed by atoms with Crippen molar-refractivity contribution in [2.45, 2.75) is 26.3 Å². The van der Waals surface area contributed by atoms with E-state index in [2.05, 4.69) is 0 Å². The fourth-order valence-electron chi connectivity index (χ4n) is 1.56. The summed E-state index contributed by atoms with van der Waals surface area (Å²) in [5.74, 6) is 0. The van der Waals surface area contributed by atoms with Crippen molar-refractivity contribution in [3.05, 3.63) is 35.4 Å². The molecule has 0 aliphatic carbocycles. The van der Waals surface area contributed by atoms with E-state index in [0.717, 1.165) is 17.4 Å². The van der Waals surface area contributed by atoms with E-state index in [1.807, 2.05) is 38.1 Å². The van der Waals surface area contributed by atoms with E-state index >= 15 is 0 Å². The molecule has 0 spiro atoms. The molecule has 1 rings (SSSR count). The first-order valence-electron chi connectivity index (χ1n) is 5.40. The minimum Gasteiger partial charge on any atom is -0.394 e. The van der Waals surface area contributed by atoms with Gasteiger partial charge in [0.15, 0.2) is 0 Å². The Kier molecular flexibility index (Phi) is 4.21. The van der Waals surface area contributed by atoms with Gasteiger partial charge in [-0.2, -0.15) is 0 Å². The van der Waals surface area contributed by atoms with Crippen LogP contribution in [0.1, 0.15) is 31.0 Å². The van der Waals surface area contributed by atoms with E-state index in [1.165, 1.54) is 0 Å². The molecule has 0 amide bonds. The maximum atomic E-state index is 10.8. The van der Waals surface area contributed by atoms with E-state index in [-0.39, 0.29) is 18.1 Å². The summed E-state index contributed by atoms with van der Waals surface area (Å²) < 4.78 is 0. The van der Waals surface area contributed by atoms with E-state index in [4.69, 9.17) is 10.8 Å². The molecule has 0 fully saturated rings. The molecule has 88 valence electrons. The van der Waals surface area contributed by atoms with E-state index in [1.54, 1.807) is 0 Å². The predicted octanol–water partition coefficient (Wildman–Crippen LogP) is 1.45. The summed E-state index contributed by atoms with van der Waals surface area (Å²) in [6.07, 6.45) is 1.69. The minimum absolute atomic E-state index is 0.0564. The van der Waals surface area contributed by atoms with Crippen molar-refractivity contribution < 1.29 is 9.90 Å². The van der Waals surface area contributed by atoms with Gasteiger partial charge in [0.1, 0.15) is 6.29 Å². The molecule has 0 saturated heterocycles. The van der Waals surface area contributed by atoms with Gasteiger partial charge >= 0.3 is 0 Å². The summed E-state index contributed by atoms with van der Waals surface area (Å²) in [6.45, 7) is 3.76. The average Bonchev–Trinajstić information content (AvgIpc) is 2.28. The third-order valence-corrected chi connectivity index (χ3v) is 2.58. The molecule has 0 bridgehead atoms. The monoisotopic (exact) mass is 221 g/mol. The standard InChI is InChI=1S/C13H19NO2/c1-13(2,9-16)7-10-3-5-11(6-4-10)12(14)8-15/h3-6,9,12,15H,7-8,14H2,1-2H3/t12-/m1/s1. The molecular weight excluding hydrogens is 202 g/mol. The van der Waals surface area contributed by atoms with Crippen LogP contribution >= 0.6 is 0 Å². The van der Waals surface area contributed by atoms with Crippen LogP contribution < -0.4 is 5.73 Å². The fourth-order valence-corrected chi connectivity index (χ4v) is 1.56. The quantitative estimate of drug-likeness (QED) is 0.740. The van der Waals surface area contributed by atoms with Gasteiger partial charge in [-0.25, -0.2) is 0 Å². The summed E-state index contributed by atoms with van der Waals surface area (Å²) in [5, 5.41) is 8.91. The van der Waals surface area contributed by atoms with Crippen LogP contribution in [0.3, 0.4) is 0 Å². The first kappa shape index (κ1) is 12.9. The van der Waals surface area contributed by atoms with Crippen molar-refractivity contribution >= 4 is 6.29 Å². The zero-order valence-electron chi connectivity index (χ0n) is 9.81. The Balaban J connectivity index is 2.75. The van der Waals surface area contributed by atoms with Crippen LogP contribution in [-0.2, 0) is 11.2 Å². The van der Waals surface area contributed by atoms with Gasteiger partial charge in [0.05, 0.1) is 12.6 Å². The van der Waals surface area contributed by atoms with E-state index < -0.39 is 0 Å². The first-order valence-corrected chi connectivity index (χ1v) is 5.40. The zero-order chi connectivity index (χ0) is 12.2. The molecule has 1 atom stereocenters. The molecule has 1 aromatic rings. The van der Waals surface area contributed by atoms with Gasteiger partial charge < -0.3 is 15.6 Å². The third kappa shape index (κ3) is 3.43. The summed E-state index contributed by atoms with van der Waals surface area (Å²) in [5.41, 5.74) is 7.37.